The second-order valence-electron chi connectivity index (χ2n) is 4.50. The van der Waals surface area contributed by atoms with E-state index < -0.39 is 0 Å². The highest BCUT2D eigenvalue weighted by Gasteiger charge is 2.19. The molecule has 0 spiro atoms. The molecule has 1 aliphatic heterocycles. The van der Waals surface area contributed by atoms with Crippen LogP contribution in [-0.4, -0.2) is 27.3 Å². The number of nitrogens with two attached hydrogens (primary N) is 1. The van der Waals surface area contributed by atoms with Gasteiger partial charge in [-0.3, -0.25) is 9.58 Å². The predicted octanol–water partition coefficient (Wildman–Crippen LogP) is 1.38. The minimum absolute atomic E-state index is 0.622. The van der Waals surface area contributed by atoms with Gasteiger partial charge < -0.3 is 5.73 Å². The Balaban J connectivity index is 2.04. The molecule has 1 aliphatic rings. The first-order valence-corrected chi connectivity index (χ1v) is 5.69. The maximum atomic E-state index is 5.67. The highest BCUT2D eigenvalue weighted by atomic mass is 15.3. The van der Waals surface area contributed by atoms with Gasteiger partial charge in [-0.15, -0.1) is 0 Å². The molecule has 84 valence electrons. The van der Waals surface area contributed by atoms with E-state index in [1.807, 2.05) is 17.8 Å². The van der Waals surface area contributed by atoms with Gasteiger partial charge in [0.05, 0.1) is 5.69 Å². The lowest BCUT2D eigenvalue weighted by molar-refractivity contribution is 0.149. The number of likely N-dealkylation sites (tertiary alicyclic amines) is 1. The molecule has 4 nitrogen and oxygen atoms in total. The minimum Gasteiger partial charge on any atom is -0.382 e. The standard InChI is InChI=1S/C11H20N4/c1-9-5-3-4-6-15(9)8-10-7-11(12)13-14(10)2/h7,9H,3-6,8H2,1-2H3,(H2,12,13). The Morgan fingerprint density at radius 3 is 2.93 bits per heavy atom. The Bertz CT molecular complexity index is 331. The molecule has 4 heteroatoms. The number of nitrogens with zero attached hydrogens (tertiary/aromatic N) is 3. The average molecular weight is 208 g/mol. The van der Waals surface area contributed by atoms with Crippen LogP contribution in [0, 0.1) is 0 Å². The molecule has 2 heterocycles. The zero-order chi connectivity index (χ0) is 10.8. The van der Waals surface area contributed by atoms with Crippen molar-refractivity contribution >= 4 is 5.82 Å². The molecule has 0 saturated carbocycles. The zero-order valence-electron chi connectivity index (χ0n) is 9.61. The van der Waals surface area contributed by atoms with Crippen molar-refractivity contribution in [2.45, 2.75) is 38.8 Å². The van der Waals surface area contributed by atoms with Crippen LogP contribution in [0.25, 0.3) is 0 Å². The summed E-state index contributed by atoms with van der Waals surface area (Å²) in [6, 6.07) is 2.66. The monoisotopic (exact) mass is 208 g/mol. The molecule has 0 amide bonds. The summed E-state index contributed by atoms with van der Waals surface area (Å²) in [4.78, 5) is 2.51. The normalized spacial score (nSPS) is 23.2. The van der Waals surface area contributed by atoms with Crippen molar-refractivity contribution in [3.8, 4) is 0 Å². The van der Waals surface area contributed by atoms with E-state index in [-0.39, 0.29) is 0 Å². The first-order chi connectivity index (χ1) is 7.16. The molecule has 0 radical (unpaired) electrons. The van der Waals surface area contributed by atoms with Crippen LogP contribution in [0.4, 0.5) is 5.82 Å². The van der Waals surface area contributed by atoms with Crippen LogP contribution < -0.4 is 5.73 Å². The van der Waals surface area contributed by atoms with Gasteiger partial charge in [0.15, 0.2) is 0 Å². The quantitative estimate of drug-likeness (QED) is 0.798. The van der Waals surface area contributed by atoms with Crippen molar-refractivity contribution in [2.75, 3.05) is 12.3 Å². The summed E-state index contributed by atoms with van der Waals surface area (Å²) in [6.45, 7) is 4.48. The predicted molar refractivity (Wildman–Crippen MR) is 61.3 cm³/mol. The number of hydrogen-bond donors (Lipinski definition) is 1. The van der Waals surface area contributed by atoms with Gasteiger partial charge in [0.2, 0.25) is 0 Å². The fraction of sp³-hybridized carbons (Fsp3) is 0.727. The summed E-state index contributed by atoms with van der Waals surface area (Å²) in [7, 11) is 1.96. The lowest BCUT2D eigenvalue weighted by Crippen LogP contribution is -2.37. The lowest BCUT2D eigenvalue weighted by Gasteiger charge is -2.33. The van der Waals surface area contributed by atoms with Gasteiger partial charge in [0, 0.05) is 25.7 Å². The summed E-state index contributed by atoms with van der Waals surface area (Å²) >= 11 is 0. The first-order valence-electron chi connectivity index (χ1n) is 5.69. The number of nitrogen functional groups attached to an aromatic ring is 1. The molecule has 1 aromatic heterocycles. The molecule has 1 atom stereocenters. The Labute approximate surface area is 91.1 Å². The summed E-state index contributed by atoms with van der Waals surface area (Å²) in [5.41, 5.74) is 6.88. The van der Waals surface area contributed by atoms with Crippen LogP contribution >= 0.6 is 0 Å². The molecule has 1 saturated heterocycles. The third kappa shape index (κ3) is 2.31. The number of anilines is 1. The van der Waals surface area contributed by atoms with Crippen molar-refractivity contribution in [1.29, 1.82) is 0 Å². The van der Waals surface area contributed by atoms with Crippen molar-refractivity contribution in [1.82, 2.24) is 14.7 Å². The topological polar surface area (TPSA) is 47.1 Å². The molecule has 2 N–H and O–H groups in total. The Morgan fingerprint density at radius 1 is 1.53 bits per heavy atom. The number of rotatable bonds is 2. The Hall–Kier alpha value is -1.03. The molecule has 1 unspecified atom stereocenters. The van der Waals surface area contributed by atoms with Crippen LogP contribution in [0.1, 0.15) is 31.9 Å². The second-order valence-corrected chi connectivity index (χ2v) is 4.50. The molecule has 0 bridgehead atoms. The average Bonchev–Trinajstić information content (AvgIpc) is 2.49. The van der Waals surface area contributed by atoms with Gasteiger partial charge in [0.25, 0.3) is 0 Å². The van der Waals surface area contributed by atoms with E-state index in [0.29, 0.717) is 11.9 Å². The molecule has 15 heavy (non-hydrogen) atoms. The van der Waals surface area contributed by atoms with Crippen molar-refractivity contribution in [2.24, 2.45) is 7.05 Å². The second kappa shape index (κ2) is 4.23. The van der Waals surface area contributed by atoms with E-state index in [0.717, 1.165) is 6.54 Å². The van der Waals surface area contributed by atoms with Crippen molar-refractivity contribution < 1.29 is 0 Å². The van der Waals surface area contributed by atoms with Crippen LogP contribution in [-0.2, 0) is 13.6 Å². The van der Waals surface area contributed by atoms with Crippen LogP contribution in [0.2, 0.25) is 0 Å². The number of hydrogen-bond acceptors (Lipinski definition) is 3. The van der Waals surface area contributed by atoms with Crippen molar-refractivity contribution in [3.63, 3.8) is 0 Å². The number of piperidine rings is 1. The van der Waals surface area contributed by atoms with E-state index in [9.17, 15) is 0 Å². The largest absolute Gasteiger partial charge is 0.382 e. The highest BCUT2D eigenvalue weighted by molar-refractivity contribution is 5.29. The van der Waals surface area contributed by atoms with E-state index in [1.165, 1.54) is 31.5 Å². The molecule has 1 fully saturated rings. The van der Waals surface area contributed by atoms with Gasteiger partial charge in [-0.2, -0.15) is 5.10 Å². The van der Waals surface area contributed by atoms with Gasteiger partial charge in [0.1, 0.15) is 5.82 Å². The van der Waals surface area contributed by atoms with Crippen molar-refractivity contribution in [3.05, 3.63) is 11.8 Å². The van der Waals surface area contributed by atoms with E-state index in [1.54, 1.807) is 0 Å². The van der Waals surface area contributed by atoms with Gasteiger partial charge in [-0.05, 0) is 26.3 Å². The smallest absolute Gasteiger partial charge is 0.145 e. The first kappa shape index (κ1) is 10.5. The molecular formula is C11H20N4. The summed E-state index contributed by atoms with van der Waals surface area (Å²) in [5.74, 6) is 0.622. The molecule has 2 rings (SSSR count). The van der Waals surface area contributed by atoms with E-state index in [4.69, 9.17) is 5.73 Å². The summed E-state index contributed by atoms with van der Waals surface area (Å²) < 4.78 is 1.89. The highest BCUT2D eigenvalue weighted by Crippen LogP contribution is 2.19. The molecule has 1 aromatic rings. The molecule has 0 aromatic carbocycles. The Morgan fingerprint density at radius 2 is 2.33 bits per heavy atom. The van der Waals surface area contributed by atoms with Gasteiger partial charge >= 0.3 is 0 Å². The third-order valence-electron chi connectivity index (χ3n) is 3.30. The van der Waals surface area contributed by atoms with Crippen LogP contribution in [0.5, 0.6) is 0 Å². The zero-order valence-corrected chi connectivity index (χ0v) is 9.61. The lowest BCUT2D eigenvalue weighted by atomic mass is 10.0. The van der Waals surface area contributed by atoms with Gasteiger partial charge in [-0.25, -0.2) is 0 Å². The molecule has 0 aliphatic carbocycles. The van der Waals surface area contributed by atoms with Gasteiger partial charge in [-0.1, -0.05) is 6.42 Å². The summed E-state index contributed by atoms with van der Waals surface area (Å²) in [5, 5.41) is 4.17. The van der Waals surface area contributed by atoms with Crippen LogP contribution in [0.15, 0.2) is 6.07 Å². The maximum Gasteiger partial charge on any atom is 0.145 e. The van der Waals surface area contributed by atoms with E-state index >= 15 is 0 Å². The fourth-order valence-corrected chi connectivity index (χ4v) is 2.28. The minimum atomic E-state index is 0.622. The van der Waals surface area contributed by atoms with Crippen LogP contribution in [0.3, 0.4) is 0 Å². The number of aromatic nitrogens is 2. The summed E-state index contributed by atoms with van der Waals surface area (Å²) in [6.07, 6.45) is 4.00. The third-order valence-corrected chi connectivity index (χ3v) is 3.30. The maximum absolute atomic E-state index is 5.67. The Kier molecular flexibility index (Phi) is 2.95. The SMILES string of the molecule is CC1CCCCN1Cc1cc(N)nn1C. The van der Waals surface area contributed by atoms with E-state index in [2.05, 4.69) is 16.9 Å². The molecular weight excluding hydrogens is 188 g/mol. The number of aryl methyl sites for hydroxylation is 1. The fourth-order valence-electron chi connectivity index (χ4n) is 2.28.